The lowest BCUT2D eigenvalue weighted by Crippen LogP contribution is -2.05. The summed E-state index contributed by atoms with van der Waals surface area (Å²) in [6.45, 7) is 2.72. The maximum atomic E-state index is 10.2. The first-order valence-corrected chi connectivity index (χ1v) is 7.50. The normalized spacial score (nSPS) is 18.2. The van der Waals surface area contributed by atoms with Gasteiger partial charge in [-0.1, -0.05) is 58.3 Å². The highest BCUT2D eigenvalue weighted by Gasteiger charge is 2.01. The largest absolute Gasteiger partial charge is 0.330 e. The second kappa shape index (κ2) is 13.7. The average Bonchev–Trinajstić information content (AvgIpc) is 2.30. The Morgan fingerprint density at radius 3 is 1.65 bits per heavy atom. The molecule has 1 rings (SSSR count). The van der Waals surface area contributed by atoms with Crippen LogP contribution in [0.2, 0.25) is 0 Å². The van der Waals surface area contributed by atoms with E-state index in [1.165, 1.54) is 51.4 Å². The molecule has 17 heavy (non-hydrogen) atoms. The lowest BCUT2D eigenvalue weighted by Gasteiger charge is -2.05. The topological polar surface area (TPSA) is 43.1 Å². The number of hydrogen-bond acceptors (Lipinski definition) is 2. The SMILES string of the molecule is C1CCCCCCC1.CCC(C=O)CCCN. The van der Waals surface area contributed by atoms with Crippen molar-refractivity contribution in [2.75, 3.05) is 6.54 Å². The number of aldehydes is 1. The van der Waals surface area contributed by atoms with Gasteiger partial charge in [0, 0.05) is 5.92 Å². The highest BCUT2D eigenvalue weighted by Crippen LogP contribution is 2.15. The molecule has 2 N–H and O–H groups in total. The van der Waals surface area contributed by atoms with Crippen LogP contribution < -0.4 is 5.73 Å². The zero-order valence-corrected chi connectivity index (χ0v) is 11.6. The minimum absolute atomic E-state index is 0.244. The fourth-order valence-corrected chi connectivity index (χ4v) is 2.16. The molecule has 0 saturated heterocycles. The van der Waals surface area contributed by atoms with Gasteiger partial charge in [0.15, 0.2) is 0 Å². The fraction of sp³-hybridized carbons (Fsp3) is 0.933. The van der Waals surface area contributed by atoms with Crippen molar-refractivity contribution < 1.29 is 4.79 Å². The molecule has 0 aromatic heterocycles. The third-order valence-electron chi connectivity index (χ3n) is 3.50. The minimum Gasteiger partial charge on any atom is -0.330 e. The smallest absolute Gasteiger partial charge is 0.123 e. The summed E-state index contributed by atoms with van der Waals surface area (Å²) in [7, 11) is 0. The van der Waals surface area contributed by atoms with Gasteiger partial charge in [-0.15, -0.1) is 0 Å². The molecule has 102 valence electrons. The van der Waals surface area contributed by atoms with Crippen LogP contribution in [-0.4, -0.2) is 12.8 Å². The van der Waals surface area contributed by atoms with Crippen LogP contribution in [0, 0.1) is 5.92 Å². The molecule has 1 aliphatic carbocycles. The Kier molecular flexibility index (Phi) is 13.4. The third kappa shape index (κ3) is 11.9. The van der Waals surface area contributed by atoms with E-state index in [4.69, 9.17) is 5.73 Å². The third-order valence-corrected chi connectivity index (χ3v) is 3.50. The van der Waals surface area contributed by atoms with Crippen LogP contribution in [0.25, 0.3) is 0 Å². The average molecular weight is 241 g/mol. The summed E-state index contributed by atoms with van der Waals surface area (Å²) in [5, 5.41) is 0. The van der Waals surface area contributed by atoms with Crippen LogP contribution in [0.15, 0.2) is 0 Å². The van der Waals surface area contributed by atoms with Crippen LogP contribution in [0.5, 0.6) is 0 Å². The predicted octanol–water partition coefficient (Wildman–Crippen LogP) is 4.07. The molecule has 1 aliphatic rings. The van der Waals surface area contributed by atoms with E-state index in [9.17, 15) is 4.79 Å². The Morgan fingerprint density at radius 2 is 1.41 bits per heavy atom. The van der Waals surface area contributed by atoms with Gasteiger partial charge in [0.1, 0.15) is 6.29 Å². The molecule has 0 aliphatic heterocycles. The number of nitrogens with two attached hydrogens (primary N) is 1. The van der Waals surface area contributed by atoms with Crippen LogP contribution in [-0.2, 0) is 4.79 Å². The standard InChI is InChI=1S/C8H16.C7H15NO/c1-2-4-6-8-7-5-3-1;1-2-7(6-9)4-3-5-8/h1-8H2;6-7H,2-5,8H2,1H3. The lowest BCUT2D eigenvalue weighted by atomic mass is 10.0. The van der Waals surface area contributed by atoms with Crippen LogP contribution >= 0.6 is 0 Å². The Morgan fingerprint density at radius 1 is 1.00 bits per heavy atom. The first-order chi connectivity index (χ1) is 8.35. The van der Waals surface area contributed by atoms with E-state index < -0.39 is 0 Å². The molecule has 1 fully saturated rings. The Hall–Kier alpha value is -0.370. The molecule has 1 saturated carbocycles. The highest BCUT2D eigenvalue weighted by atomic mass is 16.1. The fourth-order valence-electron chi connectivity index (χ4n) is 2.16. The van der Waals surface area contributed by atoms with E-state index in [2.05, 4.69) is 0 Å². The molecule has 0 aromatic rings. The molecular weight excluding hydrogens is 210 g/mol. The summed E-state index contributed by atoms with van der Waals surface area (Å²) in [5.74, 6) is 0.244. The van der Waals surface area contributed by atoms with Crippen molar-refractivity contribution in [3.05, 3.63) is 0 Å². The van der Waals surface area contributed by atoms with E-state index in [-0.39, 0.29) is 5.92 Å². The number of rotatable bonds is 5. The molecular formula is C15H31NO. The van der Waals surface area contributed by atoms with E-state index in [1.807, 2.05) is 6.92 Å². The minimum atomic E-state index is 0.244. The number of carbonyl (C=O) groups is 1. The summed E-state index contributed by atoms with van der Waals surface area (Å²) in [5.41, 5.74) is 5.27. The van der Waals surface area contributed by atoms with Crippen molar-refractivity contribution in [3.8, 4) is 0 Å². The molecule has 0 radical (unpaired) electrons. The Balaban J connectivity index is 0.000000302. The molecule has 0 amide bonds. The maximum absolute atomic E-state index is 10.2. The van der Waals surface area contributed by atoms with Crippen LogP contribution in [0.4, 0.5) is 0 Å². The first-order valence-electron chi connectivity index (χ1n) is 7.50. The lowest BCUT2D eigenvalue weighted by molar-refractivity contribution is -0.111. The van der Waals surface area contributed by atoms with E-state index >= 15 is 0 Å². The van der Waals surface area contributed by atoms with Gasteiger partial charge in [0.25, 0.3) is 0 Å². The summed E-state index contributed by atoms with van der Waals surface area (Å²) in [4.78, 5) is 10.2. The predicted molar refractivity (Wildman–Crippen MR) is 75.1 cm³/mol. The number of hydrogen-bond donors (Lipinski definition) is 1. The molecule has 2 nitrogen and oxygen atoms in total. The molecule has 0 heterocycles. The molecule has 0 aromatic carbocycles. The molecule has 0 spiro atoms. The molecule has 0 bridgehead atoms. The second-order valence-corrected chi connectivity index (χ2v) is 5.06. The van der Waals surface area contributed by atoms with Gasteiger partial charge < -0.3 is 10.5 Å². The maximum Gasteiger partial charge on any atom is 0.123 e. The van der Waals surface area contributed by atoms with Crippen molar-refractivity contribution >= 4 is 6.29 Å². The summed E-state index contributed by atoms with van der Waals surface area (Å²) < 4.78 is 0. The Bertz CT molecular complexity index is 135. The van der Waals surface area contributed by atoms with Gasteiger partial charge in [-0.3, -0.25) is 0 Å². The van der Waals surface area contributed by atoms with E-state index in [1.54, 1.807) is 0 Å². The van der Waals surface area contributed by atoms with Gasteiger partial charge in [-0.2, -0.15) is 0 Å². The summed E-state index contributed by atoms with van der Waals surface area (Å²) >= 11 is 0. The quantitative estimate of drug-likeness (QED) is 0.737. The van der Waals surface area contributed by atoms with Gasteiger partial charge in [-0.05, 0) is 25.8 Å². The van der Waals surface area contributed by atoms with Crippen LogP contribution in [0.1, 0.15) is 77.6 Å². The van der Waals surface area contributed by atoms with Gasteiger partial charge in [0.2, 0.25) is 0 Å². The van der Waals surface area contributed by atoms with Gasteiger partial charge in [-0.25, -0.2) is 0 Å². The van der Waals surface area contributed by atoms with Gasteiger partial charge >= 0.3 is 0 Å². The zero-order valence-electron chi connectivity index (χ0n) is 11.6. The van der Waals surface area contributed by atoms with Crippen molar-refractivity contribution in [1.29, 1.82) is 0 Å². The zero-order chi connectivity index (χ0) is 12.8. The highest BCUT2D eigenvalue weighted by molar-refractivity contribution is 5.53. The number of carbonyl (C=O) groups excluding carboxylic acids is 1. The van der Waals surface area contributed by atoms with E-state index in [0.29, 0.717) is 6.54 Å². The summed E-state index contributed by atoms with van der Waals surface area (Å²) in [6.07, 6.45) is 15.9. The van der Waals surface area contributed by atoms with Crippen molar-refractivity contribution in [2.45, 2.75) is 77.6 Å². The van der Waals surface area contributed by atoms with Crippen LogP contribution in [0.3, 0.4) is 0 Å². The summed E-state index contributed by atoms with van der Waals surface area (Å²) in [6, 6.07) is 0. The Labute approximate surface area is 107 Å². The molecule has 1 atom stereocenters. The molecule has 2 heteroatoms. The van der Waals surface area contributed by atoms with E-state index in [0.717, 1.165) is 25.5 Å². The molecule has 1 unspecified atom stereocenters. The van der Waals surface area contributed by atoms with Crippen molar-refractivity contribution in [2.24, 2.45) is 11.7 Å². The second-order valence-electron chi connectivity index (χ2n) is 5.06. The van der Waals surface area contributed by atoms with Crippen molar-refractivity contribution in [1.82, 2.24) is 0 Å². The van der Waals surface area contributed by atoms with Crippen molar-refractivity contribution in [3.63, 3.8) is 0 Å². The monoisotopic (exact) mass is 241 g/mol. The first kappa shape index (κ1) is 16.6. The van der Waals surface area contributed by atoms with Gasteiger partial charge in [0.05, 0.1) is 0 Å².